The standard InChI is InChI=1S/C23H20N6O2/c1-13-18(14(2)28(3)26-13)19-16(12-24)22(25)31-23-20(19)21(17-10-7-11-30-17)27-29(23)15-8-5-4-6-9-15/h4-11,19H,25H2,1-3H3. The molecule has 0 saturated heterocycles. The van der Waals surface area contributed by atoms with E-state index in [1.165, 1.54) is 0 Å². The first kappa shape index (κ1) is 18.8. The molecule has 0 fully saturated rings. The number of aromatic nitrogens is 4. The van der Waals surface area contributed by atoms with Gasteiger partial charge in [-0.2, -0.15) is 20.1 Å². The van der Waals surface area contributed by atoms with E-state index in [2.05, 4.69) is 11.2 Å². The van der Waals surface area contributed by atoms with Gasteiger partial charge in [-0.3, -0.25) is 4.68 Å². The molecule has 31 heavy (non-hydrogen) atoms. The van der Waals surface area contributed by atoms with Gasteiger partial charge >= 0.3 is 0 Å². The van der Waals surface area contributed by atoms with Gasteiger partial charge in [0.05, 0.1) is 29.1 Å². The normalized spacial score (nSPS) is 15.5. The summed E-state index contributed by atoms with van der Waals surface area (Å²) in [6.07, 6.45) is 1.60. The van der Waals surface area contributed by atoms with E-state index in [4.69, 9.17) is 20.0 Å². The van der Waals surface area contributed by atoms with E-state index in [1.807, 2.05) is 57.3 Å². The van der Waals surface area contributed by atoms with Gasteiger partial charge in [-0.15, -0.1) is 0 Å². The molecule has 4 aromatic rings. The average molecular weight is 412 g/mol. The van der Waals surface area contributed by atoms with Gasteiger partial charge in [0.2, 0.25) is 11.8 Å². The molecular weight excluding hydrogens is 392 g/mol. The summed E-state index contributed by atoms with van der Waals surface area (Å²) in [5.41, 5.74) is 11.4. The zero-order valence-corrected chi connectivity index (χ0v) is 17.3. The maximum atomic E-state index is 10.0. The minimum Gasteiger partial charge on any atom is -0.463 e. The number of nitrogens with zero attached hydrogens (tertiary/aromatic N) is 5. The van der Waals surface area contributed by atoms with Gasteiger partial charge in [0, 0.05) is 18.3 Å². The molecular formula is C23H20N6O2. The third kappa shape index (κ3) is 2.74. The van der Waals surface area contributed by atoms with Gasteiger partial charge in [0.25, 0.3) is 0 Å². The van der Waals surface area contributed by atoms with Crippen molar-refractivity contribution in [3.05, 3.63) is 82.7 Å². The smallest absolute Gasteiger partial charge is 0.229 e. The van der Waals surface area contributed by atoms with Crippen molar-refractivity contribution in [1.82, 2.24) is 19.6 Å². The number of allylic oxidation sites excluding steroid dienone is 1. The molecule has 0 aliphatic carbocycles. The molecule has 0 saturated carbocycles. The van der Waals surface area contributed by atoms with Crippen molar-refractivity contribution in [2.24, 2.45) is 12.8 Å². The lowest BCUT2D eigenvalue weighted by Gasteiger charge is -2.25. The molecule has 3 aromatic heterocycles. The summed E-state index contributed by atoms with van der Waals surface area (Å²) in [5.74, 6) is 0.615. The minimum atomic E-state index is -0.486. The Labute approximate surface area is 178 Å². The highest BCUT2D eigenvalue weighted by atomic mass is 16.5. The summed E-state index contributed by atoms with van der Waals surface area (Å²) in [5, 5.41) is 19.4. The second-order valence-electron chi connectivity index (χ2n) is 7.42. The zero-order chi connectivity index (χ0) is 21.7. The number of fused-ring (bicyclic) bond motifs is 1. The molecule has 0 amide bonds. The van der Waals surface area contributed by atoms with Gasteiger partial charge in [0.15, 0.2) is 5.76 Å². The van der Waals surface area contributed by atoms with Crippen molar-refractivity contribution < 1.29 is 9.15 Å². The first-order chi connectivity index (χ1) is 15.0. The molecule has 1 unspecified atom stereocenters. The van der Waals surface area contributed by atoms with Crippen LogP contribution in [0.4, 0.5) is 0 Å². The highest BCUT2D eigenvalue weighted by Gasteiger charge is 2.40. The number of ether oxygens (including phenoxy) is 1. The van der Waals surface area contributed by atoms with E-state index >= 15 is 0 Å². The number of hydrogen-bond donors (Lipinski definition) is 1. The van der Waals surface area contributed by atoms with Crippen LogP contribution in [0.3, 0.4) is 0 Å². The number of para-hydroxylation sites is 1. The zero-order valence-electron chi connectivity index (χ0n) is 17.3. The van der Waals surface area contributed by atoms with E-state index in [0.717, 1.165) is 28.2 Å². The number of furan rings is 1. The number of benzene rings is 1. The van der Waals surface area contributed by atoms with Crippen LogP contribution in [0, 0.1) is 25.2 Å². The van der Waals surface area contributed by atoms with Crippen molar-refractivity contribution in [2.75, 3.05) is 0 Å². The quantitative estimate of drug-likeness (QED) is 0.550. The molecule has 0 spiro atoms. The highest BCUT2D eigenvalue weighted by Crippen LogP contribution is 2.48. The van der Waals surface area contributed by atoms with E-state index < -0.39 is 5.92 Å². The Morgan fingerprint density at radius 3 is 2.45 bits per heavy atom. The molecule has 4 heterocycles. The van der Waals surface area contributed by atoms with Crippen molar-refractivity contribution >= 4 is 0 Å². The van der Waals surface area contributed by atoms with Crippen LogP contribution in [0.2, 0.25) is 0 Å². The number of aryl methyl sites for hydroxylation is 2. The fourth-order valence-corrected chi connectivity index (χ4v) is 4.17. The third-order valence-corrected chi connectivity index (χ3v) is 5.66. The van der Waals surface area contributed by atoms with Gasteiger partial charge in [-0.05, 0) is 38.1 Å². The van der Waals surface area contributed by atoms with Gasteiger partial charge in [-0.1, -0.05) is 18.2 Å². The van der Waals surface area contributed by atoms with Crippen LogP contribution in [0.25, 0.3) is 17.1 Å². The fraction of sp³-hybridized carbons (Fsp3) is 0.174. The molecule has 8 heteroatoms. The maximum absolute atomic E-state index is 10.0. The van der Waals surface area contributed by atoms with Gasteiger partial charge in [-0.25, -0.2) is 0 Å². The Morgan fingerprint density at radius 1 is 1.06 bits per heavy atom. The molecule has 1 atom stereocenters. The maximum Gasteiger partial charge on any atom is 0.229 e. The predicted octanol–water partition coefficient (Wildman–Crippen LogP) is 3.70. The monoisotopic (exact) mass is 412 g/mol. The summed E-state index contributed by atoms with van der Waals surface area (Å²) in [6, 6.07) is 15.5. The third-order valence-electron chi connectivity index (χ3n) is 5.66. The Morgan fingerprint density at radius 2 is 1.84 bits per heavy atom. The lowest BCUT2D eigenvalue weighted by Crippen LogP contribution is -2.22. The molecule has 5 rings (SSSR count). The highest BCUT2D eigenvalue weighted by molar-refractivity contribution is 5.69. The summed E-state index contributed by atoms with van der Waals surface area (Å²) < 4.78 is 15.2. The number of nitrogens with two attached hydrogens (primary N) is 1. The average Bonchev–Trinajstić information content (AvgIpc) is 3.47. The number of nitriles is 1. The van der Waals surface area contributed by atoms with E-state index in [0.29, 0.717) is 22.9 Å². The second kappa shape index (κ2) is 6.92. The van der Waals surface area contributed by atoms with E-state index in [1.54, 1.807) is 21.7 Å². The molecule has 2 N–H and O–H groups in total. The van der Waals surface area contributed by atoms with Crippen LogP contribution in [0.15, 0.2) is 64.6 Å². The van der Waals surface area contributed by atoms with Crippen LogP contribution in [0.5, 0.6) is 5.88 Å². The first-order valence-corrected chi connectivity index (χ1v) is 9.81. The Hall–Kier alpha value is -4.25. The SMILES string of the molecule is Cc1nn(C)c(C)c1C1C(C#N)=C(N)Oc2c1c(-c1ccco1)nn2-c1ccccc1. The Bertz CT molecular complexity index is 1350. The van der Waals surface area contributed by atoms with Crippen LogP contribution in [-0.2, 0) is 7.05 Å². The Kier molecular flexibility index (Phi) is 4.19. The van der Waals surface area contributed by atoms with Crippen LogP contribution >= 0.6 is 0 Å². The lowest BCUT2D eigenvalue weighted by molar-refractivity contribution is 0.367. The fourth-order valence-electron chi connectivity index (χ4n) is 4.17. The molecule has 154 valence electrons. The van der Waals surface area contributed by atoms with Crippen LogP contribution in [-0.4, -0.2) is 19.6 Å². The van der Waals surface area contributed by atoms with Crippen LogP contribution in [0.1, 0.15) is 28.4 Å². The van der Waals surface area contributed by atoms with Gasteiger partial charge in [0.1, 0.15) is 17.3 Å². The number of rotatable bonds is 3. The lowest BCUT2D eigenvalue weighted by atomic mass is 9.82. The summed E-state index contributed by atoms with van der Waals surface area (Å²) in [4.78, 5) is 0. The second-order valence-corrected chi connectivity index (χ2v) is 7.42. The van der Waals surface area contributed by atoms with E-state index in [9.17, 15) is 5.26 Å². The van der Waals surface area contributed by atoms with Crippen molar-refractivity contribution in [2.45, 2.75) is 19.8 Å². The molecule has 0 radical (unpaired) electrons. The Balaban J connectivity index is 1.87. The number of hydrogen-bond acceptors (Lipinski definition) is 6. The van der Waals surface area contributed by atoms with Crippen molar-refractivity contribution in [3.8, 4) is 29.1 Å². The van der Waals surface area contributed by atoms with Gasteiger partial charge < -0.3 is 14.9 Å². The summed E-state index contributed by atoms with van der Waals surface area (Å²) >= 11 is 0. The van der Waals surface area contributed by atoms with Crippen molar-refractivity contribution in [1.29, 1.82) is 5.26 Å². The first-order valence-electron chi connectivity index (χ1n) is 9.81. The molecule has 1 aromatic carbocycles. The summed E-state index contributed by atoms with van der Waals surface area (Å²) in [6.45, 7) is 3.90. The van der Waals surface area contributed by atoms with E-state index in [-0.39, 0.29) is 5.88 Å². The largest absolute Gasteiger partial charge is 0.463 e. The molecule has 0 bridgehead atoms. The van der Waals surface area contributed by atoms with Crippen molar-refractivity contribution in [3.63, 3.8) is 0 Å². The topological polar surface area (TPSA) is 108 Å². The minimum absolute atomic E-state index is 0.0609. The predicted molar refractivity (Wildman–Crippen MR) is 113 cm³/mol. The van der Waals surface area contributed by atoms with Crippen LogP contribution < -0.4 is 10.5 Å². The molecule has 1 aliphatic rings. The molecule has 1 aliphatic heterocycles. The summed E-state index contributed by atoms with van der Waals surface area (Å²) in [7, 11) is 1.88. The molecule has 8 nitrogen and oxygen atoms in total.